The summed E-state index contributed by atoms with van der Waals surface area (Å²) in [6.07, 6.45) is 0.710. The topological polar surface area (TPSA) is 69.7 Å². The maximum absolute atomic E-state index is 12.8. The van der Waals surface area contributed by atoms with Gasteiger partial charge in [0, 0.05) is 14.1 Å². The van der Waals surface area contributed by atoms with Gasteiger partial charge in [-0.2, -0.15) is 12.7 Å². The second-order valence-corrected chi connectivity index (χ2v) is 9.09. The molecule has 1 N–H and O–H groups in total. The molecule has 152 valence electrons. The smallest absolute Gasteiger partial charge is 0.304 e. The van der Waals surface area contributed by atoms with Gasteiger partial charge in [-0.15, -0.1) is 0 Å². The van der Waals surface area contributed by atoms with Crippen molar-refractivity contribution in [1.29, 1.82) is 0 Å². The lowest BCUT2D eigenvalue weighted by Gasteiger charge is -2.28. The van der Waals surface area contributed by atoms with Crippen LogP contribution in [0, 0.1) is 13.8 Å². The molecule has 2 aromatic rings. The minimum atomic E-state index is -3.80. The van der Waals surface area contributed by atoms with E-state index in [2.05, 4.69) is 11.4 Å². The molecule has 0 aliphatic rings. The van der Waals surface area contributed by atoms with E-state index in [1.165, 1.54) is 14.1 Å². The first-order valence-electron chi connectivity index (χ1n) is 9.28. The van der Waals surface area contributed by atoms with E-state index in [1.807, 2.05) is 32.9 Å². The van der Waals surface area contributed by atoms with Crippen molar-refractivity contribution in [2.45, 2.75) is 33.2 Å². The van der Waals surface area contributed by atoms with Crippen LogP contribution in [0.2, 0.25) is 0 Å². The Balaban J connectivity index is 2.25. The molecule has 0 aliphatic carbocycles. The highest BCUT2D eigenvalue weighted by Crippen LogP contribution is 2.23. The molecule has 1 amide bonds. The third-order valence-electron chi connectivity index (χ3n) is 4.62. The minimum Gasteiger partial charge on any atom is -0.348 e. The molecule has 0 spiro atoms. The van der Waals surface area contributed by atoms with Crippen LogP contribution in [0.5, 0.6) is 0 Å². The highest BCUT2D eigenvalue weighted by Gasteiger charge is 2.28. The Morgan fingerprint density at radius 3 is 2.25 bits per heavy atom. The Hall–Kier alpha value is -2.38. The molecule has 2 rings (SSSR count). The molecule has 1 unspecified atom stereocenters. The fourth-order valence-corrected chi connectivity index (χ4v) is 4.15. The van der Waals surface area contributed by atoms with Crippen molar-refractivity contribution in [2.75, 3.05) is 24.9 Å². The van der Waals surface area contributed by atoms with Crippen molar-refractivity contribution in [1.82, 2.24) is 9.62 Å². The van der Waals surface area contributed by atoms with Gasteiger partial charge in [0.25, 0.3) is 0 Å². The molecule has 0 saturated carbocycles. The van der Waals surface area contributed by atoms with Gasteiger partial charge >= 0.3 is 10.2 Å². The Kier molecular flexibility index (Phi) is 7.21. The number of anilines is 1. The van der Waals surface area contributed by atoms with Gasteiger partial charge in [0.1, 0.15) is 6.54 Å². The number of para-hydroxylation sites is 1. The van der Waals surface area contributed by atoms with E-state index in [1.54, 1.807) is 30.3 Å². The van der Waals surface area contributed by atoms with Gasteiger partial charge in [-0.3, -0.25) is 4.79 Å². The predicted octanol–water partition coefficient (Wildman–Crippen LogP) is 3.18. The Morgan fingerprint density at radius 1 is 1.07 bits per heavy atom. The summed E-state index contributed by atoms with van der Waals surface area (Å²) in [5.41, 5.74) is 3.76. The summed E-state index contributed by atoms with van der Waals surface area (Å²) in [7, 11) is -0.898. The summed E-state index contributed by atoms with van der Waals surface area (Å²) in [6.45, 7) is 5.76. The van der Waals surface area contributed by atoms with Crippen molar-refractivity contribution >= 4 is 21.8 Å². The van der Waals surface area contributed by atoms with Crippen molar-refractivity contribution < 1.29 is 13.2 Å². The van der Waals surface area contributed by atoms with Crippen LogP contribution in [-0.4, -0.2) is 39.3 Å². The van der Waals surface area contributed by atoms with Crippen LogP contribution in [-0.2, 0) is 15.0 Å². The molecule has 0 fully saturated rings. The SMILES string of the molecule is CCC(NC(=O)CN(c1ccccc1)S(=O)(=O)N(C)C)c1ccc(C)cc1C. The Bertz CT molecular complexity index is 912. The normalized spacial score (nSPS) is 12.6. The fourth-order valence-electron chi connectivity index (χ4n) is 3.08. The molecule has 7 heteroatoms. The maximum atomic E-state index is 12.8. The van der Waals surface area contributed by atoms with Crippen LogP contribution in [0.1, 0.15) is 36.1 Å². The Labute approximate surface area is 168 Å². The number of hydrogen-bond donors (Lipinski definition) is 1. The van der Waals surface area contributed by atoms with E-state index in [0.717, 1.165) is 25.3 Å². The third kappa shape index (κ3) is 5.11. The first-order valence-corrected chi connectivity index (χ1v) is 10.7. The third-order valence-corrected chi connectivity index (χ3v) is 6.44. The number of nitrogens with one attached hydrogen (secondary N) is 1. The first-order chi connectivity index (χ1) is 13.2. The van der Waals surface area contributed by atoms with Gasteiger partial charge in [0.2, 0.25) is 5.91 Å². The molecular weight excluding hydrogens is 374 g/mol. The van der Waals surface area contributed by atoms with Crippen LogP contribution in [0.4, 0.5) is 5.69 Å². The summed E-state index contributed by atoms with van der Waals surface area (Å²) < 4.78 is 27.7. The number of carbonyl (C=O) groups is 1. The maximum Gasteiger partial charge on any atom is 0.304 e. The molecule has 0 heterocycles. The van der Waals surface area contributed by atoms with Crippen LogP contribution in [0.3, 0.4) is 0 Å². The van der Waals surface area contributed by atoms with Crippen LogP contribution < -0.4 is 9.62 Å². The predicted molar refractivity (Wildman–Crippen MR) is 113 cm³/mol. The van der Waals surface area contributed by atoms with Crippen LogP contribution in [0.25, 0.3) is 0 Å². The first kappa shape index (κ1) is 21.9. The number of nitrogens with zero attached hydrogens (tertiary/aromatic N) is 2. The van der Waals surface area contributed by atoms with Crippen LogP contribution >= 0.6 is 0 Å². The monoisotopic (exact) mass is 403 g/mol. The quantitative estimate of drug-likeness (QED) is 0.736. The lowest BCUT2D eigenvalue weighted by Crippen LogP contribution is -2.46. The average molecular weight is 404 g/mol. The van der Waals surface area contributed by atoms with Gasteiger partial charge < -0.3 is 5.32 Å². The standard InChI is InChI=1S/C21H29N3O3S/c1-6-20(19-13-12-16(2)14-17(19)3)22-21(25)15-24(28(26,27)23(4)5)18-10-8-7-9-11-18/h7-14,20H,6,15H2,1-5H3,(H,22,25). The minimum absolute atomic E-state index is 0.173. The van der Waals surface area contributed by atoms with E-state index in [0.29, 0.717) is 12.1 Å². The van der Waals surface area contributed by atoms with Crippen molar-refractivity contribution in [3.8, 4) is 0 Å². The molecule has 1 atom stereocenters. The lowest BCUT2D eigenvalue weighted by molar-refractivity contribution is -0.120. The van der Waals surface area contributed by atoms with Gasteiger partial charge in [-0.25, -0.2) is 4.31 Å². The second-order valence-electron chi connectivity index (χ2n) is 7.02. The van der Waals surface area contributed by atoms with Crippen LogP contribution in [0.15, 0.2) is 48.5 Å². The van der Waals surface area contributed by atoms with E-state index >= 15 is 0 Å². The largest absolute Gasteiger partial charge is 0.348 e. The average Bonchev–Trinajstić information content (AvgIpc) is 2.65. The second kappa shape index (κ2) is 9.21. The molecule has 0 aromatic heterocycles. The number of carbonyl (C=O) groups excluding carboxylic acids is 1. The van der Waals surface area contributed by atoms with E-state index < -0.39 is 10.2 Å². The van der Waals surface area contributed by atoms with Gasteiger partial charge in [0.05, 0.1) is 11.7 Å². The van der Waals surface area contributed by atoms with E-state index in [-0.39, 0.29) is 18.5 Å². The zero-order valence-corrected chi connectivity index (χ0v) is 18.0. The van der Waals surface area contributed by atoms with Crippen molar-refractivity contribution in [2.24, 2.45) is 0 Å². The number of amides is 1. The van der Waals surface area contributed by atoms with Gasteiger partial charge in [0.15, 0.2) is 0 Å². The Morgan fingerprint density at radius 2 is 1.71 bits per heavy atom. The number of benzene rings is 2. The molecule has 6 nitrogen and oxygen atoms in total. The summed E-state index contributed by atoms with van der Waals surface area (Å²) in [5.74, 6) is -0.346. The number of hydrogen-bond acceptors (Lipinski definition) is 3. The highest BCUT2D eigenvalue weighted by atomic mass is 32.2. The van der Waals surface area contributed by atoms with Crippen molar-refractivity contribution in [3.63, 3.8) is 0 Å². The van der Waals surface area contributed by atoms with Gasteiger partial charge in [-0.1, -0.05) is 48.9 Å². The molecular formula is C21H29N3O3S. The van der Waals surface area contributed by atoms with Gasteiger partial charge in [-0.05, 0) is 43.5 Å². The zero-order chi connectivity index (χ0) is 20.9. The zero-order valence-electron chi connectivity index (χ0n) is 17.1. The summed E-state index contributed by atoms with van der Waals surface area (Å²) >= 11 is 0. The molecule has 0 bridgehead atoms. The summed E-state index contributed by atoms with van der Waals surface area (Å²) in [6, 6.07) is 14.6. The molecule has 0 aliphatic heterocycles. The molecule has 2 aromatic carbocycles. The molecule has 0 radical (unpaired) electrons. The molecule has 0 saturated heterocycles. The number of rotatable bonds is 8. The van der Waals surface area contributed by atoms with E-state index in [9.17, 15) is 13.2 Å². The van der Waals surface area contributed by atoms with Crippen molar-refractivity contribution in [3.05, 3.63) is 65.2 Å². The number of aryl methyl sites for hydroxylation is 2. The summed E-state index contributed by atoms with van der Waals surface area (Å²) in [4.78, 5) is 12.8. The fraction of sp³-hybridized carbons (Fsp3) is 0.381. The van der Waals surface area contributed by atoms with E-state index in [4.69, 9.17) is 0 Å². The highest BCUT2D eigenvalue weighted by molar-refractivity contribution is 7.90. The molecule has 28 heavy (non-hydrogen) atoms. The lowest BCUT2D eigenvalue weighted by atomic mass is 9.97. The summed E-state index contributed by atoms with van der Waals surface area (Å²) in [5, 5.41) is 2.99.